The predicted molar refractivity (Wildman–Crippen MR) is 144 cm³/mol. The fraction of sp³-hybridized carbons (Fsp3) is 0.148. The molecule has 1 heterocycles. The van der Waals surface area contributed by atoms with E-state index in [4.69, 9.17) is 5.10 Å². The van der Waals surface area contributed by atoms with Crippen molar-refractivity contribution in [3.8, 4) is 11.3 Å². The molecule has 2 amide bonds. The Labute approximate surface area is 225 Å². The van der Waals surface area contributed by atoms with Crippen molar-refractivity contribution >= 4 is 43.7 Å². The standard InChI is InChI=1S/C27H23Br2FN4O2/c1-31-26(35)24(13-18-11-21(29)14-22(30)12-18)32-27(36)25-15-23(19-7-3-2-4-8-19)33-34(25)16-17-6-5-9-20(28)10-17/h2-12,14-15,24H,13,16H2,1H3,(H,31,35)(H,32,36)/t24-/m0/s1. The van der Waals surface area contributed by atoms with Gasteiger partial charge in [0.1, 0.15) is 17.6 Å². The van der Waals surface area contributed by atoms with Gasteiger partial charge in [-0.3, -0.25) is 14.3 Å². The number of nitrogens with zero attached hydrogens (tertiary/aromatic N) is 2. The van der Waals surface area contributed by atoms with Gasteiger partial charge >= 0.3 is 0 Å². The van der Waals surface area contributed by atoms with Crippen molar-refractivity contribution in [3.63, 3.8) is 0 Å². The van der Waals surface area contributed by atoms with Crippen molar-refractivity contribution < 1.29 is 14.0 Å². The second-order valence-electron chi connectivity index (χ2n) is 8.19. The summed E-state index contributed by atoms with van der Waals surface area (Å²) in [5.74, 6) is -1.27. The van der Waals surface area contributed by atoms with Crippen LogP contribution in [-0.4, -0.2) is 34.7 Å². The van der Waals surface area contributed by atoms with E-state index >= 15 is 0 Å². The number of hydrogen-bond acceptors (Lipinski definition) is 3. The topological polar surface area (TPSA) is 76.0 Å². The quantitative estimate of drug-likeness (QED) is 0.281. The molecule has 0 bridgehead atoms. The van der Waals surface area contributed by atoms with E-state index in [2.05, 4.69) is 42.5 Å². The number of aromatic nitrogens is 2. The van der Waals surface area contributed by atoms with Crippen LogP contribution >= 0.6 is 31.9 Å². The SMILES string of the molecule is CNC(=O)[C@H](Cc1cc(F)cc(Br)c1)NC(=O)c1cc(-c2ccccc2)nn1Cc1cccc(Br)c1. The smallest absolute Gasteiger partial charge is 0.270 e. The average Bonchev–Trinajstić information content (AvgIpc) is 3.27. The Hall–Kier alpha value is -3.30. The fourth-order valence-corrected chi connectivity index (χ4v) is 4.82. The minimum Gasteiger partial charge on any atom is -0.357 e. The predicted octanol–water partition coefficient (Wildman–Crippen LogP) is 5.35. The first-order valence-electron chi connectivity index (χ1n) is 11.2. The molecule has 0 saturated carbocycles. The summed E-state index contributed by atoms with van der Waals surface area (Å²) < 4.78 is 17.0. The molecule has 184 valence electrons. The first-order chi connectivity index (χ1) is 17.3. The van der Waals surface area contributed by atoms with Crippen molar-refractivity contribution in [2.75, 3.05) is 7.05 Å². The maximum atomic E-state index is 13.9. The van der Waals surface area contributed by atoms with Crippen molar-refractivity contribution in [1.82, 2.24) is 20.4 Å². The van der Waals surface area contributed by atoms with Gasteiger partial charge < -0.3 is 10.6 Å². The summed E-state index contributed by atoms with van der Waals surface area (Å²) in [4.78, 5) is 26.1. The molecule has 0 radical (unpaired) electrons. The molecule has 0 aliphatic heterocycles. The molecule has 0 spiro atoms. The Morgan fingerprint density at radius 2 is 1.69 bits per heavy atom. The van der Waals surface area contributed by atoms with E-state index in [-0.39, 0.29) is 12.3 Å². The molecule has 4 aromatic rings. The molecule has 9 heteroatoms. The Kier molecular flexibility index (Phi) is 8.32. The molecule has 0 fully saturated rings. The summed E-state index contributed by atoms with van der Waals surface area (Å²) in [6, 6.07) is 22.5. The number of likely N-dealkylation sites (N-methyl/N-ethyl adjacent to an activating group) is 1. The zero-order valence-electron chi connectivity index (χ0n) is 19.3. The van der Waals surface area contributed by atoms with Crippen LogP contribution in [-0.2, 0) is 17.8 Å². The van der Waals surface area contributed by atoms with E-state index in [1.807, 2.05) is 54.6 Å². The van der Waals surface area contributed by atoms with Crippen LogP contribution in [0.4, 0.5) is 4.39 Å². The summed E-state index contributed by atoms with van der Waals surface area (Å²) in [5, 5.41) is 10.1. The van der Waals surface area contributed by atoms with Gasteiger partial charge in [0.05, 0.1) is 12.2 Å². The van der Waals surface area contributed by atoms with Gasteiger partial charge in [0, 0.05) is 28.0 Å². The molecule has 1 aromatic heterocycles. The molecular weight excluding hydrogens is 591 g/mol. The molecule has 0 unspecified atom stereocenters. The average molecular weight is 614 g/mol. The first-order valence-corrected chi connectivity index (χ1v) is 12.8. The summed E-state index contributed by atoms with van der Waals surface area (Å²) in [6.45, 7) is 0.358. The second-order valence-corrected chi connectivity index (χ2v) is 10.0. The van der Waals surface area contributed by atoms with Gasteiger partial charge in [-0.2, -0.15) is 5.10 Å². The number of halogens is 3. The summed E-state index contributed by atoms with van der Waals surface area (Å²) in [5.41, 5.74) is 3.34. The molecule has 1 atom stereocenters. The van der Waals surface area contributed by atoms with E-state index < -0.39 is 17.8 Å². The lowest BCUT2D eigenvalue weighted by Crippen LogP contribution is -2.47. The highest BCUT2D eigenvalue weighted by molar-refractivity contribution is 9.10. The van der Waals surface area contributed by atoms with E-state index in [1.54, 1.807) is 16.8 Å². The van der Waals surface area contributed by atoms with Crippen LogP contribution in [0.1, 0.15) is 21.6 Å². The molecule has 2 N–H and O–H groups in total. The highest BCUT2D eigenvalue weighted by atomic mass is 79.9. The van der Waals surface area contributed by atoms with Crippen molar-refractivity contribution in [2.24, 2.45) is 0 Å². The summed E-state index contributed by atoms with van der Waals surface area (Å²) >= 11 is 6.75. The third kappa shape index (κ3) is 6.47. The molecular formula is C27H23Br2FN4O2. The molecule has 4 rings (SSSR count). The highest BCUT2D eigenvalue weighted by Gasteiger charge is 2.24. The lowest BCUT2D eigenvalue weighted by molar-refractivity contribution is -0.122. The molecule has 0 saturated heterocycles. The van der Waals surface area contributed by atoms with E-state index in [0.717, 1.165) is 15.6 Å². The van der Waals surface area contributed by atoms with Crippen LogP contribution in [0.2, 0.25) is 0 Å². The molecule has 3 aromatic carbocycles. The van der Waals surface area contributed by atoms with Crippen LogP contribution in [0.15, 0.2) is 87.8 Å². The Morgan fingerprint density at radius 3 is 2.39 bits per heavy atom. The molecule has 36 heavy (non-hydrogen) atoms. The summed E-state index contributed by atoms with van der Waals surface area (Å²) in [7, 11) is 1.49. The number of benzene rings is 3. The van der Waals surface area contributed by atoms with Gasteiger partial charge in [0.25, 0.3) is 5.91 Å². The summed E-state index contributed by atoms with van der Waals surface area (Å²) in [6.07, 6.45) is 0.118. The fourth-order valence-electron chi connectivity index (χ4n) is 3.86. The molecule has 6 nitrogen and oxygen atoms in total. The molecule has 0 aliphatic rings. The Balaban J connectivity index is 1.66. The van der Waals surface area contributed by atoms with E-state index in [9.17, 15) is 14.0 Å². The number of nitrogens with one attached hydrogen (secondary N) is 2. The zero-order valence-corrected chi connectivity index (χ0v) is 22.5. The number of carbonyl (C=O) groups is 2. The largest absolute Gasteiger partial charge is 0.357 e. The normalized spacial score (nSPS) is 11.7. The van der Waals surface area contributed by atoms with Gasteiger partial charge in [-0.25, -0.2) is 4.39 Å². The minimum absolute atomic E-state index is 0.118. The van der Waals surface area contributed by atoms with Gasteiger partial charge in [-0.1, -0.05) is 74.3 Å². The van der Waals surface area contributed by atoms with Crippen molar-refractivity contribution in [1.29, 1.82) is 0 Å². The third-order valence-corrected chi connectivity index (χ3v) is 6.48. The van der Waals surface area contributed by atoms with Crippen LogP contribution < -0.4 is 10.6 Å². The Morgan fingerprint density at radius 1 is 0.944 bits per heavy atom. The van der Waals surface area contributed by atoms with E-state index in [0.29, 0.717) is 28.0 Å². The number of rotatable bonds is 8. The number of carbonyl (C=O) groups excluding carboxylic acids is 2. The van der Waals surface area contributed by atoms with Gasteiger partial charge in [-0.15, -0.1) is 0 Å². The van der Waals surface area contributed by atoms with Crippen LogP contribution in [0, 0.1) is 5.82 Å². The third-order valence-electron chi connectivity index (χ3n) is 5.53. The second kappa shape index (κ2) is 11.6. The molecule has 0 aliphatic carbocycles. The number of amides is 2. The van der Waals surface area contributed by atoms with Crippen LogP contribution in [0.5, 0.6) is 0 Å². The van der Waals surface area contributed by atoms with Gasteiger partial charge in [-0.05, 0) is 47.5 Å². The lowest BCUT2D eigenvalue weighted by atomic mass is 10.0. The maximum absolute atomic E-state index is 13.9. The Bertz CT molecular complexity index is 1370. The van der Waals surface area contributed by atoms with Crippen molar-refractivity contribution in [3.05, 3.63) is 110 Å². The van der Waals surface area contributed by atoms with Gasteiger partial charge in [0.2, 0.25) is 5.91 Å². The lowest BCUT2D eigenvalue weighted by Gasteiger charge is -2.18. The monoisotopic (exact) mass is 612 g/mol. The highest BCUT2D eigenvalue weighted by Crippen LogP contribution is 2.21. The maximum Gasteiger partial charge on any atom is 0.270 e. The minimum atomic E-state index is -0.911. The number of hydrogen-bond donors (Lipinski definition) is 2. The van der Waals surface area contributed by atoms with Crippen LogP contribution in [0.3, 0.4) is 0 Å². The van der Waals surface area contributed by atoms with Crippen molar-refractivity contribution in [2.45, 2.75) is 19.0 Å². The van der Waals surface area contributed by atoms with E-state index in [1.165, 1.54) is 19.2 Å². The van der Waals surface area contributed by atoms with Crippen LogP contribution in [0.25, 0.3) is 11.3 Å². The zero-order chi connectivity index (χ0) is 25.7. The van der Waals surface area contributed by atoms with Gasteiger partial charge in [0.15, 0.2) is 0 Å². The first kappa shape index (κ1) is 25.8.